The van der Waals surface area contributed by atoms with Gasteiger partial charge in [-0.05, 0) is 81.7 Å². The van der Waals surface area contributed by atoms with Crippen LogP contribution in [-0.2, 0) is 14.4 Å². The summed E-state index contributed by atoms with van der Waals surface area (Å²) in [5.74, 6) is 5.26. The number of nitrogens with one attached hydrogen (secondary N) is 1. The third kappa shape index (κ3) is 4.99. The Morgan fingerprint density at radius 1 is 1.13 bits per heavy atom. The first-order valence-corrected chi connectivity index (χ1v) is 11.0. The average molecular weight is 425 g/mol. The molecule has 0 unspecified atom stereocenters. The SMILES string of the molecule is CC#Cc1cc(C)c(C2C(=O)CC3(CCN(C(=O)NOC(C)C)CC3)CC2=O)c(C)c1. The second kappa shape index (κ2) is 9.23. The van der Waals surface area contributed by atoms with Crippen LogP contribution in [0.4, 0.5) is 4.79 Å². The van der Waals surface area contributed by atoms with Crippen LogP contribution in [0.15, 0.2) is 12.1 Å². The Labute approximate surface area is 184 Å². The van der Waals surface area contributed by atoms with E-state index in [0.717, 1.165) is 22.3 Å². The quantitative estimate of drug-likeness (QED) is 0.455. The lowest BCUT2D eigenvalue weighted by Crippen LogP contribution is -2.50. The van der Waals surface area contributed by atoms with Crippen molar-refractivity contribution >= 4 is 17.6 Å². The molecule has 1 heterocycles. The molecule has 1 saturated carbocycles. The van der Waals surface area contributed by atoms with E-state index in [4.69, 9.17) is 4.84 Å². The number of hydrogen-bond donors (Lipinski definition) is 1. The number of likely N-dealkylation sites (tertiary alicyclic amines) is 1. The molecule has 3 rings (SSSR count). The molecule has 1 aliphatic carbocycles. The summed E-state index contributed by atoms with van der Waals surface area (Å²) in [5.41, 5.74) is 5.75. The second-order valence-corrected chi connectivity index (χ2v) is 9.18. The number of nitrogens with zero attached hydrogens (tertiary/aromatic N) is 1. The van der Waals surface area contributed by atoms with Gasteiger partial charge in [0.25, 0.3) is 0 Å². The number of carbonyl (C=O) groups is 3. The Morgan fingerprint density at radius 2 is 1.68 bits per heavy atom. The van der Waals surface area contributed by atoms with Crippen LogP contribution < -0.4 is 5.48 Å². The van der Waals surface area contributed by atoms with Crippen molar-refractivity contribution in [1.29, 1.82) is 0 Å². The van der Waals surface area contributed by atoms with Crippen LogP contribution in [0.5, 0.6) is 0 Å². The van der Waals surface area contributed by atoms with Crippen LogP contribution >= 0.6 is 0 Å². The minimum atomic E-state index is -0.685. The number of ketones is 2. The fourth-order valence-electron chi connectivity index (χ4n) is 4.92. The Kier molecular flexibility index (Phi) is 6.86. The molecule has 0 atom stereocenters. The Hall–Kier alpha value is -2.65. The molecule has 0 bridgehead atoms. The topological polar surface area (TPSA) is 75.7 Å². The molecule has 1 saturated heterocycles. The van der Waals surface area contributed by atoms with E-state index in [1.54, 1.807) is 11.8 Å². The van der Waals surface area contributed by atoms with Crippen molar-refractivity contribution < 1.29 is 19.2 Å². The summed E-state index contributed by atoms with van der Waals surface area (Å²) < 4.78 is 0. The number of rotatable bonds is 3. The summed E-state index contributed by atoms with van der Waals surface area (Å²) in [4.78, 5) is 45.6. The van der Waals surface area contributed by atoms with E-state index in [2.05, 4.69) is 17.3 Å². The number of piperidine rings is 1. The first kappa shape index (κ1) is 23.0. The predicted molar refractivity (Wildman–Crippen MR) is 118 cm³/mol. The smallest absolute Gasteiger partial charge is 0.323 e. The molecule has 0 radical (unpaired) electrons. The van der Waals surface area contributed by atoms with Crippen molar-refractivity contribution in [2.24, 2.45) is 5.41 Å². The molecule has 1 aliphatic heterocycles. The van der Waals surface area contributed by atoms with Crippen LogP contribution in [0.2, 0.25) is 0 Å². The van der Waals surface area contributed by atoms with E-state index in [1.807, 2.05) is 39.8 Å². The van der Waals surface area contributed by atoms with Gasteiger partial charge in [0.1, 0.15) is 17.5 Å². The van der Waals surface area contributed by atoms with Gasteiger partial charge in [-0.3, -0.25) is 14.4 Å². The summed E-state index contributed by atoms with van der Waals surface area (Å²) >= 11 is 0. The molecular weight excluding hydrogens is 392 g/mol. The van der Waals surface area contributed by atoms with Gasteiger partial charge in [0.05, 0.1) is 6.10 Å². The molecule has 1 aromatic rings. The highest BCUT2D eigenvalue weighted by Gasteiger charge is 2.47. The minimum absolute atomic E-state index is 0.00202. The number of hydrogen-bond acceptors (Lipinski definition) is 4. The van der Waals surface area contributed by atoms with Crippen molar-refractivity contribution in [3.63, 3.8) is 0 Å². The van der Waals surface area contributed by atoms with Gasteiger partial charge in [-0.15, -0.1) is 5.92 Å². The molecule has 6 nitrogen and oxygen atoms in total. The first-order chi connectivity index (χ1) is 14.7. The van der Waals surface area contributed by atoms with Gasteiger partial charge in [0.2, 0.25) is 0 Å². The maximum absolute atomic E-state index is 13.2. The zero-order valence-electron chi connectivity index (χ0n) is 19.1. The summed E-state index contributed by atoms with van der Waals surface area (Å²) in [6.45, 7) is 10.4. The fourth-order valence-corrected chi connectivity index (χ4v) is 4.92. The number of aryl methyl sites for hydroxylation is 2. The Morgan fingerprint density at radius 3 is 2.16 bits per heavy atom. The van der Waals surface area contributed by atoms with Gasteiger partial charge < -0.3 is 4.90 Å². The summed E-state index contributed by atoms with van der Waals surface area (Å²) in [5, 5.41) is 0. The molecular formula is C25H32N2O4. The van der Waals surface area contributed by atoms with Crippen molar-refractivity contribution in [2.75, 3.05) is 13.1 Å². The van der Waals surface area contributed by atoms with Gasteiger partial charge in [-0.25, -0.2) is 10.3 Å². The maximum atomic E-state index is 13.2. The molecule has 31 heavy (non-hydrogen) atoms. The van der Waals surface area contributed by atoms with E-state index in [9.17, 15) is 14.4 Å². The van der Waals surface area contributed by atoms with Gasteiger partial charge in [0, 0.05) is 31.5 Å². The van der Waals surface area contributed by atoms with E-state index in [1.165, 1.54) is 0 Å². The zero-order chi connectivity index (χ0) is 22.8. The lowest BCUT2D eigenvalue weighted by molar-refractivity contribution is -0.138. The van der Waals surface area contributed by atoms with E-state index in [-0.39, 0.29) is 29.1 Å². The maximum Gasteiger partial charge on any atom is 0.341 e. The van der Waals surface area contributed by atoms with Crippen molar-refractivity contribution in [3.05, 3.63) is 34.4 Å². The Bertz CT molecular complexity index is 903. The van der Waals surface area contributed by atoms with Gasteiger partial charge >= 0.3 is 6.03 Å². The summed E-state index contributed by atoms with van der Waals surface area (Å²) in [7, 11) is 0. The molecule has 6 heteroatoms. The van der Waals surface area contributed by atoms with Crippen LogP contribution in [-0.4, -0.2) is 41.7 Å². The van der Waals surface area contributed by atoms with E-state index >= 15 is 0 Å². The van der Waals surface area contributed by atoms with Crippen LogP contribution in [0.3, 0.4) is 0 Å². The largest absolute Gasteiger partial charge is 0.341 e. The van der Waals surface area contributed by atoms with Crippen molar-refractivity contribution in [1.82, 2.24) is 10.4 Å². The van der Waals surface area contributed by atoms with Crippen molar-refractivity contribution in [3.8, 4) is 11.8 Å². The third-order valence-electron chi connectivity index (χ3n) is 6.39. The van der Waals surface area contributed by atoms with Crippen LogP contribution in [0.25, 0.3) is 0 Å². The summed E-state index contributed by atoms with van der Waals surface area (Å²) in [6, 6.07) is 3.65. The van der Waals surface area contributed by atoms with E-state index in [0.29, 0.717) is 38.8 Å². The van der Waals surface area contributed by atoms with E-state index < -0.39 is 5.92 Å². The molecule has 2 aliphatic rings. The normalized spacial score (nSPS) is 18.8. The zero-order valence-corrected chi connectivity index (χ0v) is 19.1. The standard InChI is InChI=1S/C25H32N2O4/c1-6-7-19-12-17(4)22(18(5)13-19)23-20(28)14-25(15-21(23)29)8-10-27(11-9-25)24(30)26-31-16(2)3/h12-13,16,23H,8-11,14-15H2,1-5H3,(H,26,30). The lowest BCUT2D eigenvalue weighted by atomic mass is 9.62. The highest BCUT2D eigenvalue weighted by molar-refractivity contribution is 6.10. The molecule has 166 valence electrons. The summed E-state index contributed by atoms with van der Waals surface area (Å²) in [6.07, 6.45) is 1.97. The molecule has 2 fully saturated rings. The van der Waals surface area contributed by atoms with Gasteiger partial charge in [-0.2, -0.15) is 0 Å². The molecule has 1 aromatic carbocycles. The molecule has 2 amide bonds. The monoisotopic (exact) mass is 424 g/mol. The van der Waals surface area contributed by atoms with Crippen LogP contribution in [0.1, 0.15) is 74.6 Å². The number of Topliss-reactive ketones (excluding diaryl/α,β-unsaturated/α-hetero) is 2. The Balaban J connectivity index is 1.71. The minimum Gasteiger partial charge on any atom is -0.323 e. The molecule has 1 N–H and O–H groups in total. The van der Waals surface area contributed by atoms with Gasteiger partial charge in [0.15, 0.2) is 0 Å². The predicted octanol–water partition coefficient (Wildman–Crippen LogP) is 3.82. The average Bonchev–Trinajstić information content (AvgIpc) is 2.68. The fraction of sp³-hybridized carbons (Fsp3) is 0.560. The lowest BCUT2D eigenvalue weighted by Gasteiger charge is -2.44. The number of carbonyl (C=O) groups excluding carboxylic acids is 3. The number of amides is 2. The number of benzene rings is 1. The highest BCUT2D eigenvalue weighted by Crippen LogP contribution is 2.46. The second-order valence-electron chi connectivity index (χ2n) is 9.18. The van der Waals surface area contributed by atoms with Gasteiger partial charge in [-0.1, -0.05) is 5.92 Å². The third-order valence-corrected chi connectivity index (χ3v) is 6.39. The molecule has 0 aromatic heterocycles. The van der Waals surface area contributed by atoms with Crippen molar-refractivity contribution in [2.45, 2.75) is 72.3 Å². The highest BCUT2D eigenvalue weighted by atomic mass is 16.7. The number of urea groups is 1. The number of hydroxylamine groups is 1. The molecule has 1 spiro atoms. The van der Waals surface area contributed by atoms with Crippen LogP contribution in [0, 0.1) is 31.1 Å². The first-order valence-electron chi connectivity index (χ1n) is 11.0.